The summed E-state index contributed by atoms with van der Waals surface area (Å²) in [6.45, 7) is 4.48. The number of rotatable bonds is 6. The van der Waals surface area contributed by atoms with Gasteiger partial charge in [-0.1, -0.05) is 18.2 Å². The molecule has 3 aliphatic heterocycles. The maximum absolute atomic E-state index is 11.6. The Bertz CT molecular complexity index is 1230. The molecule has 3 heterocycles. The molecule has 0 spiro atoms. The van der Waals surface area contributed by atoms with E-state index in [2.05, 4.69) is 27.3 Å². The Hall–Kier alpha value is -4.38. The lowest BCUT2D eigenvalue weighted by Gasteiger charge is -2.21. The summed E-state index contributed by atoms with van der Waals surface area (Å²) in [5.41, 5.74) is 5.09. The van der Waals surface area contributed by atoms with Crippen molar-refractivity contribution >= 4 is 30.3 Å². The van der Waals surface area contributed by atoms with Gasteiger partial charge in [0.05, 0.1) is 7.11 Å². The highest BCUT2D eigenvalue weighted by Gasteiger charge is 2.35. The van der Waals surface area contributed by atoms with Crippen molar-refractivity contribution in [3.05, 3.63) is 70.0 Å². The number of nitrogens with one attached hydrogen (secondary N) is 4. The van der Waals surface area contributed by atoms with Gasteiger partial charge in [-0.05, 0) is 60.5 Å². The summed E-state index contributed by atoms with van der Waals surface area (Å²) < 4.78 is 10.6. The van der Waals surface area contributed by atoms with Crippen LogP contribution in [0.2, 0.25) is 0 Å². The Balaban J connectivity index is 0.000000190. The predicted molar refractivity (Wildman–Crippen MR) is 141 cm³/mol. The largest absolute Gasteiger partial charge is 0.497 e. The number of imide groups is 1. The first-order chi connectivity index (χ1) is 18.3. The van der Waals surface area contributed by atoms with E-state index < -0.39 is 12.1 Å². The van der Waals surface area contributed by atoms with Crippen molar-refractivity contribution in [2.24, 2.45) is 0 Å². The zero-order valence-electron chi connectivity index (χ0n) is 21.9. The number of carbonyl (C=O) groups is 4. The normalized spacial score (nSPS) is 16.7. The molecule has 4 N–H and O–H groups in total. The molecule has 11 heteroatoms. The Labute approximate surface area is 221 Å². The molecule has 1 fully saturated rings. The molecule has 2 aromatic carbocycles. The van der Waals surface area contributed by atoms with Crippen LogP contribution in [-0.4, -0.2) is 62.9 Å². The zero-order valence-corrected chi connectivity index (χ0v) is 21.9. The van der Waals surface area contributed by atoms with Crippen molar-refractivity contribution in [3.63, 3.8) is 0 Å². The molecular weight excluding hydrogens is 490 g/mol. The number of hydrogen-bond acceptors (Lipinski definition) is 7. The molecule has 5 rings (SSSR count). The minimum atomic E-state index is -0.733. The number of hydrogen-bond donors (Lipinski definition) is 4. The van der Waals surface area contributed by atoms with Gasteiger partial charge in [0, 0.05) is 32.2 Å². The molecule has 0 saturated carbocycles. The van der Waals surface area contributed by atoms with E-state index in [4.69, 9.17) is 9.47 Å². The molecule has 0 radical (unpaired) electrons. The third kappa shape index (κ3) is 6.88. The predicted octanol–water partition coefficient (Wildman–Crippen LogP) is 1.52. The number of urea groups is 1. The Morgan fingerprint density at radius 1 is 1.16 bits per heavy atom. The van der Waals surface area contributed by atoms with Crippen LogP contribution in [0.5, 0.6) is 5.75 Å². The van der Waals surface area contributed by atoms with E-state index in [1.807, 2.05) is 44.3 Å². The minimum absolute atomic E-state index is 0.0777. The molecule has 1 unspecified atom stereocenters. The van der Waals surface area contributed by atoms with Gasteiger partial charge in [0.25, 0.3) is 11.8 Å². The molecular formula is C27H33N5O6. The third-order valence-corrected chi connectivity index (χ3v) is 5.93. The first kappa shape index (κ1) is 28.2. The molecule has 38 heavy (non-hydrogen) atoms. The van der Waals surface area contributed by atoms with Gasteiger partial charge in [-0.15, -0.1) is 0 Å². The monoisotopic (exact) mass is 523 g/mol. The summed E-state index contributed by atoms with van der Waals surface area (Å²) in [7, 11) is 5.29. The Morgan fingerprint density at radius 2 is 1.92 bits per heavy atom. The topological polar surface area (TPSA) is 138 Å². The van der Waals surface area contributed by atoms with Gasteiger partial charge < -0.3 is 30.3 Å². The van der Waals surface area contributed by atoms with Crippen LogP contribution in [0.1, 0.15) is 39.5 Å². The van der Waals surface area contributed by atoms with Crippen molar-refractivity contribution in [1.82, 2.24) is 26.2 Å². The molecule has 11 nitrogen and oxygen atoms in total. The number of amides is 5. The summed E-state index contributed by atoms with van der Waals surface area (Å²) >= 11 is 0. The highest BCUT2D eigenvalue weighted by atomic mass is 16.5. The lowest BCUT2D eigenvalue weighted by Crippen LogP contribution is -2.32. The molecule has 1 atom stereocenters. The molecule has 5 amide bonds. The first-order valence-corrected chi connectivity index (χ1v) is 12.1. The summed E-state index contributed by atoms with van der Waals surface area (Å²) in [6, 6.07) is 10.5. The van der Waals surface area contributed by atoms with Crippen molar-refractivity contribution < 1.29 is 28.7 Å². The lowest BCUT2D eigenvalue weighted by molar-refractivity contribution is -0.120. The van der Waals surface area contributed by atoms with E-state index >= 15 is 0 Å². The maximum Gasteiger partial charge on any atom is 0.322 e. The van der Waals surface area contributed by atoms with Gasteiger partial charge in [-0.25, -0.2) is 4.79 Å². The summed E-state index contributed by atoms with van der Waals surface area (Å²) in [4.78, 5) is 45.3. The summed E-state index contributed by atoms with van der Waals surface area (Å²) in [6.07, 6.45) is 2.49. The number of ether oxygens (including phenoxy) is 2. The minimum Gasteiger partial charge on any atom is -0.497 e. The second kappa shape index (κ2) is 13.2. The van der Waals surface area contributed by atoms with Gasteiger partial charge in [-0.2, -0.15) is 0 Å². The third-order valence-electron chi connectivity index (χ3n) is 5.93. The van der Waals surface area contributed by atoms with Crippen LogP contribution in [0.4, 0.5) is 4.79 Å². The number of fused-ring (bicyclic) bond motifs is 2. The van der Waals surface area contributed by atoms with Crippen LogP contribution in [-0.2, 0) is 34.0 Å². The zero-order chi connectivity index (χ0) is 27.7. The number of nitrogens with zero attached hydrogens (tertiary/aromatic N) is 1. The average Bonchev–Trinajstić information content (AvgIpc) is 3.41. The van der Waals surface area contributed by atoms with E-state index in [1.54, 1.807) is 25.1 Å². The van der Waals surface area contributed by atoms with Gasteiger partial charge >= 0.3 is 6.03 Å². The van der Waals surface area contributed by atoms with E-state index in [0.29, 0.717) is 25.3 Å². The number of carbonyl (C=O) groups excluding carboxylic acids is 4. The van der Waals surface area contributed by atoms with Gasteiger partial charge in [0.2, 0.25) is 6.41 Å². The number of benzene rings is 2. The van der Waals surface area contributed by atoms with Crippen molar-refractivity contribution in [1.29, 1.82) is 0 Å². The van der Waals surface area contributed by atoms with Crippen LogP contribution < -0.4 is 26.0 Å². The fourth-order valence-electron chi connectivity index (χ4n) is 4.00. The van der Waals surface area contributed by atoms with Gasteiger partial charge in [-0.3, -0.25) is 19.7 Å². The molecule has 0 aliphatic carbocycles. The SMILES string of the molecule is CCNC=O.CNCc1ccc2c(c1)C=C(C1NC(=O)NC1=O)OC2.COc1ccc2c(c1)C(=O)N(C)C2. The van der Waals surface area contributed by atoms with Gasteiger partial charge in [0.15, 0.2) is 6.04 Å². The van der Waals surface area contributed by atoms with Gasteiger partial charge in [0.1, 0.15) is 18.1 Å². The molecule has 2 aromatic rings. The molecule has 3 aliphatic rings. The molecule has 1 saturated heterocycles. The Kier molecular flexibility index (Phi) is 9.83. The van der Waals surface area contributed by atoms with Crippen LogP contribution in [0.3, 0.4) is 0 Å². The molecule has 0 bridgehead atoms. The van der Waals surface area contributed by atoms with E-state index in [9.17, 15) is 19.2 Å². The summed E-state index contributed by atoms with van der Waals surface area (Å²) in [5.74, 6) is 0.912. The van der Waals surface area contributed by atoms with Crippen LogP contribution in [0, 0.1) is 0 Å². The maximum atomic E-state index is 11.6. The second-order valence-electron chi connectivity index (χ2n) is 8.65. The first-order valence-electron chi connectivity index (χ1n) is 12.1. The standard InChI is InChI=1S/C14H15N3O3.C10H11NO2.C3H7NO/c1-15-6-8-2-3-9-7-20-11(5-10(9)4-8)12-13(18)17-14(19)16-12;1-11-6-7-3-4-8(13-2)5-9(7)10(11)12;1-2-4-3-5/h2-5,12,15H,6-7H2,1H3,(H2,16,17,18,19);3-5H,6H2,1-2H3;3H,2H2,1H3,(H,4,5). The van der Waals surface area contributed by atoms with Crippen molar-refractivity contribution in [3.8, 4) is 5.75 Å². The Morgan fingerprint density at radius 3 is 2.53 bits per heavy atom. The van der Waals surface area contributed by atoms with Crippen molar-refractivity contribution in [2.75, 3.05) is 27.7 Å². The fraction of sp³-hybridized carbons (Fsp3) is 0.333. The average molecular weight is 524 g/mol. The summed E-state index contributed by atoms with van der Waals surface area (Å²) in [5, 5.41) is 10.3. The van der Waals surface area contributed by atoms with E-state index in [-0.39, 0.29) is 11.8 Å². The van der Waals surface area contributed by atoms with E-state index in [1.165, 1.54) is 0 Å². The highest BCUT2D eigenvalue weighted by molar-refractivity contribution is 6.06. The van der Waals surface area contributed by atoms with Crippen LogP contribution >= 0.6 is 0 Å². The van der Waals surface area contributed by atoms with Crippen molar-refractivity contribution in [2.45, 2.75) is 32.7 Å². The fourth-order valence-corrected chi connectivity index (χ4v) is 4.00. The van der Waals surface area contributed by atoms with Crippen LogP contribution in [0.25, 0.3) is 6.08 Å². The lowest BCUT2D eigenvalue weighted by atomic mass is 10.0. The molecule has 0 aromatic heterocycles. The smallest absolute Gasteiger partial charge is 0.322 e. The quantitative estimate of drug-likeness (QED) is 0.333. The van der Waals surface area contributed by atoms with Crippen LogP contribution in [0.15, 0.2) is 42.2 Å². The van der Waals surface area contributed by atoms with E-state index in [0.717, 1.165) is 46.7 Å². The second-order valence-corrected chi connectivity index (χ2v) is 8.65. The highest BCUT2D eigenvalue weighted by Crippen LogP contribution is 2.26. The number of methoxy groups -OCH3 is 1. The molecule has 202 valence electrons.